The summed E-state index contributed by atoms with van der Waals surface area (Å²) in [6.07, 6.45) is 1.41. The second kappa shape index (κ2) is 6.27. The molecule has 7 heteroatoms. The van der Waals surface area contributed by atoms with Gasteiger partial charge in [0.1, 0.15) is 5.75 Å². The zero-order valence-corrected chi connectivity index (χ0v) is 12.2. The van der Waals surface area contributed by atoms with Crippen LogP contribution in [0.25, 0.3) is 0 Å². The monoisotopic (exact) mass is 305 g/mol. The maximum atomic E-state index is 11.9. The van der Waals surface area contributed by atoms with Crippen molar-refractivity contribution in [2.75, 3.05) is 12.8 Å². The van der Waals surface area contributed by atoms with Crippen LogP contribution >= 0.6 is 0 Å². The maximum Gasteiger partial charge on any atom is 0.276 e. The number of hydrogen-bond donors (Lipinski definition) is 2. The van der Waals surface area contributed by atoms with Crippen molar-refractivity contribution >= 4 is 21.9 Å². The Morgan fingerprint density at radius 2 is 1.71 bits per heavy atom. The van der Waals surface area contributed by atoms with Crippen LogP contribution in [0.3, 0.4) is 0 Å². The molecule has 0 aliphatic heterocycles. The minimum atomic E-state index is -3.69. The molecule has 0 aromatic heterocycles. The van der Waals surface area contributed by atoms with Crippen molar-refractivity contribution < 1.29 is 13.2 Å². The van der Waals surface area contributed by atoms with Crippen molar-refractivity contribution in [3.63, 3.8) is 0 Å². The summed E-state index contributed by atoms with van der Waals surface area (Å²) in [5, 5.41) is 3.73. The number of anilines is 1. The van der Waals surface area contributed by atoms with Crippen LogP contribution in [-0.4, -0.2) is 21.7 Å². The molecule has 0 spiro atoms. The summed E-state index contributed by atoms with van der Waals surface area (Å²) in [7, 11) is -2.11. The molecule has 2 aromatic rings. The molecule has 110 valence electrons. The Hall–Kier alpha value is -2.54. The van der Waals surface area contributed by atoms with E-state index in [-0.39, 0.29) is 4.90 Å². The number of sulfonamides is 1. The molecule has 6 nitrogen and oxygen atoms in total. The summed E-state index contributed by atoms with van der Waals surface area (Å²) < 4.78 is 28.9. The number of nitrogens with two attached hydrogens (primary N) is 1. The molecule has 3 N–H and O–H groups in total. The van der Waals surface area contributed by atoms with Gasteiger partial charge in [-0.05, 0) is 54.1 Å². The zero-order valence-electron chi connectivity index (χ0n) is 11.4. The second-order valence-corrected chi connectivity index (χ2v) is 5.86. The molecule has 0 aliphatic carbocycles. The average Bonchev–Trinajstić information content (AvgIpc) is 2.48. The van der Waals surface area contributed by atoms with E-state index < -0.39 is 10.0 Å². The van der Waals surface area contributed by atoms with Crippen LogP contribution in [0, 0.1) is 0 Å². The highest BCUT2D eigenvalue weighted by Crippen LogP contribution is 2.12. The van der Waals surface area contributed by atoms with Crippen molar-refractivity contribution in [3.8, 4) is 5.75 Å². The van der Waals surface area contributed by atoms with E-state index in [4.69, 9.17) is 10.5 Å². The molecular formula is C14H15N3O3S. The minimum absolute atomic E-state index is 0.101. The third-order valence-corrected chi connectivity index (χ3v) is 3.93. The summed E-state index contributed by atoms with van der Waals surface area (Å²) >= 11 is 0. The summed E-state index contributed by atoms with van der Waals surface area (Å²) in [6.45, 7) is 0. The van der Waals surface area contributed by atoms with Crippen molar-refractivity contribution in [1.82, 2.24) is 4.83 Å². The van der Waals surface area contributed by atoms with E-state index in [9.17, 15) is 8.42 Å². The Morgan fingerprint density at radius 3 is 2.29 bits per heavy atom. The fourth-order valence-electron chi connectivity index (χ4n) is 1.56. The molecule has 0 bridgehead atoms. The van der Waals surface area contributed by atoms with Gasteiger partial charge < -0.3 is 10.5 Å². The third kappa shape index (κ3) is 3.96. The predicted molar refractivity (Wildman–Crippen MR) is 81.8 cm³/mol. The van der Waals surface area contributed by atoms with Crippen molar-refractivity contribution in [2.24, 2.45) is 5.10 Å². The normalized spacial score (nSPS) is 11.5. The summed E-state index contributed by atoms with van der Waals surface area (Å²) in [6, 6.07) is 12.9. The van der Waals surface area contributed by atoms with Crippen molar-refractivity contribution in [3.05, 3.63) is 54.1 Å². The van der Waals surface area contributed by atoms with E-state index in [0.29, 0.717) is 5.69 Å². The molecule has 2 aromatic carbocycles. The Morgan fingerprint density at radius 1 is 1.10 bits per heavy atom. The van der Waals surface area contributed by atoms with E-state index in [2.05, 4.69) is 9.93 Å². The molecule has 0 aliphatic rings. The number of methoxy groups -OCH3 is 1. The van der Waals surface area contributed by atoms with Crippen LogP contribution < -0.4 is 15.3 Å². The number of rotatable bonds is 5. The predicted octanol–water partition coefficient (Wildman–Crippen LogP) is 1.59. The lowest BCUT2D eigenvalue weighted by atomic mass is 10.2. The van der Waals surface area contributed by atoms with Gasteiger partial charge in [0.25, 0.3) is 10.0 Å². The first kappa shape index (κ1) is 14.9. The smallest absolute Gasteiger partial charge is 0.276 e. The van der Waals surface area contributed by atoms with Crippen LogP contribution in [0.15, 0.2) is 58.5 Å². The van der Waals surface area contributed by atoms with Gasteiger partial charge in [-0.3, -0.25) is 0 Å². The first-order chi connectivity index (χ1) is 10.0. The minimum Gasteiger partial charge on any atom is -0.497 e. The molecule has 0 saturated heterocycles. The molecule has 0 fully saturated rings. The number of hydrazone groups is 1. The van der Waals surface area contributed by atoms with Crippen LogP contribution in [0.5, 0.6) is 5.75 Å². The van der Waals surface area contributed by atoms with Gasteiger partial charge in [0, 0.05) is 5.69 Å². The molecule has 0 radical (unpaired) electrons. The van der Waals surface area contributed by atoms with Gasteiger partial charge in [-0.15, -0.1) is 0 Å². The molecule has 21 heavy (non-hydrogen) atoms. The quantitative estimate of drug-likeness (QED) is 0.498. The lowest BCUT2D eigenvalue weighted by Crippen LogP contribution is -2.18. The number of benzene rings is 2. The summed E-state index contributed by atoms with van der Waals surface area (Å²) in [5.74, 6) is 0.717. The van der Waals surface area contributed by atoms with Gasteiger partial charge in [-0.2, -0.15) is 13.5 Å². The number of hydrogen-bond acceptors (Lipinski definition) is 5. The number of ether oxygens (including phenoxy) is 1. The fraction of sp³-hybridized carbons (Fsp3) is 0.0714. The van der Waals surface area contributed by atoms with Crippen LogP contribution in [0.4, 0.5) is 5.69 Å². The largest absolute Gasteiger partial charge is 0.497 e. The Balaban J connectivity index is 2.06. The first-order valence-corrected chi connectivity index (χ1v) is 7.54. The molecular weight excluding hydrogens is 290 g/mol. The fourth-order valence-corrected chi connectivity index (χ4v) is 2.35. The standard InChI is InChI=1S/C14H15N3O3S/c1-20-13-6-2-11(3-7-13)10-16-17-21(18,19)14-8-4-12(15)5-9-14/h2-10,17H,15H2,1H3/b16-10+. The molecule has 0 heterocycles. The Labute approximate surface area is 123 Å². The average molecular weight is 305 g/mol. The number of nitrogens with zero attached hydrogens (tertiary/aromatic N) is 1. The highest BCUT2D eigenvalue weighted by atomic mass is 32.2. The Kier molecular flexibility index (Phi) is 4.44. The van der Waals surface area contributed by atoms with E-state index in [1.54, 1.807) is 31.4 Å². The molecule has 0 atom stereocenters. The topological polar surface area (TPSA) is 93.8 Å². The van der Waals surface area contributed by atoms with Gasteiger partial charge in [0.05, 0.1) is 18.2 Å². The highest BCUT2D eigenvalue weighted by molar-refractivity contribution is 7.89. The van der Waals surface area contributed by atoms with Crippen molar-refractivity contribution in [1.29, 1.82) is 0 Å². The van der Waals surface area contributed by atoms with Crippen LogP contribution in [-0.2, 0) is 10.0 Å². The highest BCUT2D eigenvalue weighted by Gasteiger charge is 2.11. The van der Waals surface area contributed by atoms with Gasteiger partial charge in [0.15, 0.2) is 0 Å². The SMILES string of the molecule is COc1ccc(/C=N/NS(=O)(=O)c2ccc(N)cc2)cc1. The van der Waals surface area contributed by atoms with Gasteiger partial charge >= 0.3 is 0 Å². The van der Waals surface area contributed by atoms with E-state index >= 15 is 0 Å². The third-order valence-electron chi connectivity index (χ3n) is 2.69. The molecule has 0 saturated carbocycles. The van der Waals surface area contributed by atoms with Crippen molar-refractivity contribution in [2.45, 2.75) is 4.90 Å². The molecule has 0 unspecified atom stereocenters. The van der Waals surface area contributed by atoms with Gasteiger partial charge in [-0.25, -0.2) is 4.83 Å². The van der Waals surface area contributed by atoms with Crippen LogP contribution in [0.1, 0.15) is 5.56 Å². The van der Waals surface area contributed by atoms with E-state index in [0.717, 1.165) is 11.3 Å². The Bertz CT molecular complexity index is 723. The van der Waals surface area contributed by atoms with Gasteiger partial charge in [0.2, 0.25) is 0 Å². The maximum absolute atomic E-state index is 11.9. The molecule has 2 rings (SSSR count). The second-order valence-electron chi connectivity index (χ2n) is 4.20. The lowest BCUT2D eigenvalue weighted by Gasteiger charge is -2.03. The van der Waals surface area contributed by atoms with E-state index in [1.165, 1.54) is 30.5 Å². The van der Waals surface area contributed by atoms with Gasteiger partial charge in [-0.1, -0.05) is 0 Å². The lowest BCUT2D eigenvalue weighted by molar-refractivity contribution is 0.415. The number of nitrogens with one attached hydrogen (secondary N) is 1. The van der Waals surface area contributed by atoms with Crippen LogP contribution in [0.2, 0.25) is 0 Å². The van der Waals surface area contributed by atoms with E-state index in [1.807, 2.05) is 0 Å². The zero-order chi connectivity index (χ0) is 15.3. The first-order valence-electron chi connectivity index (χ1n) is 6.06. The molecule has 0 amide bonds. The summed E-state index contributed by atoms with van der Waals surface area (Å²) in [5.41, 5.74) is 6.76. The number of nitrogen functional groups attached to an aromatic ring is 1. The summed E-state index contributed by atoms with van der Waals surface area (Å²) in [4.78, 5) is 2.24.